The molecule has 0 N–H and O–H groups in total. The molecule has 0 radical (unpaired) electrons. The summed E-state index contributed by atoms with van der Waals surface area (Å²) in [7, 11) is 0. The smallest absolute Gasteiger partial charge is 0.166 e. The second-order valence-corrected chi connectivity index (χ2v) is 2.92. The zero-order valence-electron chi connectivity index (χ0n) is 6.31. The highest BCUT2D eigenvalue weighted by Crippen LogP contribution is 2.34. The number of rotatable bonds is 0. The van der Waals surface area contributed by atoms with E-state index in [1.165, 1.54) is 6.07 Å². The van der Waals surface area contributed by atoms with Crippen molar-refractivity contribution in [2.24, 2.45) is 0 Å². The molecule has 1 aromatic rings. The van der Waals surface area contributed by atoms with Crippen LogP contribution in [0.3, 0.4) is 0 Å². The van der Waals surface area contributed by atoms with Crippen LogP contribution in [0.4, 0.5) is 13.2 Å². The van der Waals surface area contributed by atoms with Crippen LogP contribution in [-0.2, 0) is 6.18 Å². The fourth-order valence-corrected chi connectivity index (χ4v) is 1.16. The van der Waals surface area contributed by atoms with Gasteiger partial charge in [-0.1, -0.05) is 12.1 Å². The van der Waals surface area contributed by atoms with E-state index >= 15 is 0 Å². The molecule has 66 valence electrons. The van der Waals surface area contributed by atoms with Crippen molar-refractivity contribution in [2.75, 3.05) is 0 Å². The Kier molecular flexibility index (Phi) is 2.37. The minimum Gasteiger partial charge on any atom is -0.166 e. The molecule has 0 heterocycles. The van der Waals surface area contributed by atoms with E-state index in [1.54, 1.807) is 13.0 Å². The van der Waals surface area contributed by atoms with Gasteiger partial charge in [0.2, 0.25) is 0 Å². The lowest BCUT2D eigenvalue weighted by atomic mass is 10.1. The third kappa shape index (κ3) is 1.75. The average Bonchev–Trinajstić information content (AvgIpc) is 1.92. The largest absolute Gasteiger partial charge is 0.417 e. The number of benzene rings is 1. The van der Waals surface area contributed by atoms with Gasteiger partial charge in [0.15, 0.2) is 0 Å². The Morgan fingerprint density at radius 2 is 1.83 bits per heavy atom. The highest BCUT2D eigenvalue weighted by Gasteiger charge is 2.32. The molecule has 0 aliphatic heterocycles. The van der Waals surface area contributed by atoms with Crippen molar-refractivity contribution < 1.29 is 13.2 Å². The SMILES string of the molecule is Cc1cccc(C(F)(F)F)c1S. The summed E-state index contributed by atoms with van der Waals surface area (Å²) in [5, 5.41) is 0. The minimum absolute atomic E-state index is 0.00463. The van der Waals surface area contributed by atoms with Crippen LogP contribution < -0.4 is 0 Å². The molecular formula is C8H7F3S. The van der Waals surface area contributed by atoms with Crippen LogP contribution in [0, 0.1) is 6.92 Å². The molecule has 0 bridgehead atoms. The molecule has 0 aliphatic carbocycles. The maximum absolute atomic E-state index is 12.2. The Hall–Kier alpha value is -0.640. The first-order valence-corrected chi connectivity index (χ1v) is 3.73. The van der Waals surface area contributed by atoms with Crippen LogP contribution >= 0.6 is 12.6 Å². The number of hydrogen-bond acceptors (Lipinski definition) is 1. The molecule has 0 spiro atoms. The Balaban J connectivity index is 3.26. The number of alkyl halides is 3. The predicted molar refractivity (Wildman–Crippen MR) is 43.4 cm³/mol. The van der Waals surface area contributed by atoms with Crippen molar-refractivity contribution in [1.82, 2.24) is 0 Å². The van der Waals surface area contributed by atoms with Crippen molar-refractivity contribution in [3.8, 4) is 0 Å². The molecular weight excluding hydrogens is 185 g/mol. The van der Waals surface area contributed by atoms with Gasteiger partial charge in [-0.2, -0.15) is 13.2 Å². The summed E-state index contributed by atoms with van der Waals surface area (Å²) in [6.45, 7) is 1.59. The molecule has 1 aromatic carbocycles. The van der Waals surface area contributed by atoms with Crippen LogP contribution in [0.15, 0.2) is 23.1 Å². The molecule has 0 aromatic heterocycles. The average molecular weight is 192 g/mol. The van der Waals surface area contributed by atoms with Crippen molar-refractivity contribution in [3.05, 3.63) is 29.3 Å². The Morgan fingerprint density at radius 1 is 1.25 bits per heavy atom. The molecule has 0 unspecified atom stereocenters. The standard InChI is InChI=1S/C8H7F3S/c1-5-3-2-4-6(7(5)12)8(9,10)11/h2-4,12H,1H3. The van der Waals surface area contributed by atoms with Crippen LogP contribution in [0.2, 0.25) is 0 Å². The zero-order valence-corrected chi connectivity index (χ0v) is 7.21. The topological polar surface area (TPSA) is 0 Å². The van der Waals surface area contributed by atoms with Crippen LogP contribution in [0.5, 0.6) is 0 Å². The van der Waals surface area contributed by atoms with E-state index in [0.29, 0.717) is 5.56 Å². The van der Waals surface area contributed by atoms with E-state index in [9.17, 15) is 13.2 Å². The van der Waals surface area contributed by atoms with Gasteiger partial charge in [-0.3, -0.25) is 0 Å². The van der Waals surface area contributed by atoms with Gasteiger partial charge < -0.3 is 0 Å². The van der Waals surface area contributed by atoms with Crippen molar-refractivity contribution in [2.45, 2.75) is 18.0 Å². The van der Waals surface area contributed by atoms with Crippen LogP contribution in [0.1, 0.15) is 11.1 Å². The lowest BCUT2D eigenvalue weighted by molar-refractivity contribution is -0.139. The fraction of sp³-hybridized carbons (Fsp3) is 0.250. The second-order valence-electron chi connectivity index (χ2n) is 2.47. The van der Waals surface area contributed by atoms with Gasteiger partial charge in [0.05, 0.1) is 5.56 Å². The van der Waals surface area contributed by atoms with Gasteiger partial charge in [-0.05, 0) is 18.6 Å². The third-order valence-corrected chi connectivity index (χ3v) is 2.14. The van der Waals surface area contributed by atoms with E-state index in [1.807, 2.05) is 0 Å². The predicted octanol–water partition coefficient (Wildman–Crippen LogP) is 3.30. The van der Waals surface area contributed by atoms with Crippen LogP contribution in [0.25, 0.3) is 0 Å². The first kappa shape index (κ1) is 9.45. The molecule has 0 atom stereocenters. The Bertz CT molecular complexity index is 291. The summed E-state index contributed by atoms with van der Waals surface area (Å²) in [6.07, 6.45) is -4.30. The molecule has 12 heavy (non-hydrogen) atoms. The van der Waals surface area contributed by atoms with E-state index in [4.69, 9.17) is 0 Å². The van der Waals surface area contributed by atoms with E-state index in [2.05, 4.69) is 12.6 Å². The highest BCUT2D eigenvalue weighted by atomic mass is 32.1. The summed E-state index contributed by atoms with van der Waals surface area (Å²) >= 11 is 3.78. The Labute approximate surface area is 73.8 Å². The first-order valence-electron chi connectivity index (χ1n) is 3.28. The van der Waals surface area contributed by atoms with Crippen molar-refractivity contribution in [1.29, 1.82) is 0 Å². The molecule has 0 nitrogen and oxygen atoms in total. The molecule has 0 saturated heterocycles. The molecule has 0 amide bonds. The lowest BCUT2D eigenvalue weighted by Crippen LogP contribution is -2.06. The van der Waals surface area contributed by atoms with Gasteiger partial charge in [0.25, 0.3) is 0 Å². The zero-order chi connectivity index (χ0) is 9.35. The monoisotopic (exact) mass is 192 g/mol. The van der Waals surface area contributed by atoms with Gasteiger partial charge in [-0.25, -0.2) is 0 Å². The highest BCUT2D eigenvalue weighted by molar-refractivity contribution is 7.80. The second kappa shape index (κ2) is 3.01. The maximum Gasteiger partial charge on any atom is 0.417 e. The van der Waals surface area contributed by atoms with Gasteiger partial charge in [-0.15, -0.1) is 12.6 Å². The van der Waals surface area contributed by atoms with Crippen molar-refractivity contribution >= 4 is 12.6 Å². The Morgan fingerprint density at radius 3 is 2.25 bits per heavy atom. The van der Waals surface area contributed by atoms with E-state index in [-0.39, 0.29) is 4.90 Å². The normalized spacial score (nSPS) is 11.8. The molecule has 1 rings (SSSR count). The van der Waals surface area contributed by atoms with E-state index < -0.39 is 11.7 Å². The summed E-state index contributed by atoms with van der Waals surface area (Å²) < 4.78 is 36.5. The summed E-state index contributed by atoms with van der Waals surface area (Å²) in [4.78, 5) is 0.00463. The number of halogens is 3. The molecule has 0 aliphatic rings. The quantitative estimate of drug-likeness (QED) is 0.599. The van der Waals surface area contributed by atoms with E-state index in [0.717, 1.165) is 6.07 Å². The maximum atomic E-state index is 12.2. The molecule has 0 saturated carbocycles. The molecule has 0 fully saturated rings. The lowest BCUT2D eigenvalue weighted by Gasteiger charge is -2.10. The summed E-state index contributed by atoms with van der Waals surface area (Å²) in [5.74, 6) is 0. The summed E-state index contributed by atoms with van der Waals surface area (Å²) in [5.41, 5.74) is -0.140. The number of thiol groups is 1. The van der Waals surface area contributed by atoms with Crippen molar-refractivity contribution in [3.63, 3.8) is 0 Å². The minimum atomic E-state index is -4.30. The first-order chi connectivity index (χ1) is 5.43. The third-order valence-electron chi connectivity index (χ3n) is 1.54. The van der Waals surface area contributed by atoms with Gasteiger partial charge in [0.1, 0.15) is 0 Å². The number of hydrogen-bond donors (Lipinski definition) is 1. The summed E-state index contributed by atoms with van der Waals surface area (Å²) in [6, 6.07) is 3.99. The van der Waals surface area contributed by atoms with Gasteiger partial charge >= 0.3 is 6.18 Å². The molecule has 4 heteroatoms. The fourth-order valence-electron chi connectivity index (χ4n) is 0.888. The van der Waals surface area contributed by atoms with Gasteiger partial charge in [0, 0.05) is 4.90 Å². The number of aryl methyl sites for hydroxylation is 1. The van der Waals surface area contributed by atoms with Crippen LogP contribution in [-0.4, -0.2) is 0 Å².